The molecule has 6 nitrogen and oxygen atoms in total. The summed E-state index contributed by atoms with van der Waals surface area (Å²) in [7, 11) is 0. The largest absolute Gasteiger partial charge is 0.486 e. The summed E-state index contributed by atoms with van der Waals surface area (Å²) in [5.74, 6) is -0.303. The first kappa shape index (κ1) is 14.6. The number of carbonyl (C=O) groups excluding carboxylic acids is 2. The van der Waals surface area contributed by atoms with E-state index < -0.39 is 18.0 Å². The Morgan fingerprint density at radius 1 is 1.19 bits per heavy atom. The minimum atomic E-state index is -1.01. The number of benzene rings is 1. The lowest BCUT2D eigenvalue weighted by molar-refractivity contribution is -0.125. The molecule has 0 saturated carbocycles. The number of carbonyl (C=O) groups is 2. The molecule has 1 aromatic heterocycles. The normalized spacial score (nSPS) is 11.7. The zero-order valence-electron chi connectivity index (χ0n) is 11.4. The zero-order valence-corrected chi connectivity index (χ0v) is 11.4. The third-order valence-corrected chi connectivity index (χ3v) is 2.67. The Hall–Kier alpha value is -2.76. The number of hydrogen-bond donors (Lipinski definition) is 1. The molecule has 1 heterocycles. The molecule has 2 aromatic rings. The summed E-state index contributed by atoms with van der Waals surface area (Å²) in [4.78, 5) is 22.5. The van der Waals surface area contributed by atoms with Crippen LogP contribution in [0.4, 0.5) is 0 Å². The summed E-state index contributed by atoms with van der Waals surface area (Å²) < 4.78 is 15.6. The van der Waals surface area contributed by atoms with E-state index in [2.05, 4.69) is 0 Å². The van der Waals surface area contributed by atoms with Crippen molar-refractivity contribution in [3.05, 3.63) is 54.0 Å². The molecule has 0 aliphatic rings. The van der Waals surface area contributed by atoms with Crippen LogP contribution >= 0.6 is 0 Å². The highest BCUT2D eigenvalue weighted by Crippen LogP contribution is 2.14. The first-order chi connectivity index (χ1) is 10.1. The monoisotopic (exact) mass is 289 g/mol. The summed E-state index contributed by atoms with van der Waals surface area (Å²) in [5.41, 5.74) is 5.01. The van der Waals surface area contributed by atoms with Gasteiger partial charge in [-0.3, -0.25) is 4.79 Å². The first-order valence-corrected chi connectivity index (χ1v) is 6.33. The van der Waals surface area contributed by atoms with Gasteiger partial charge >= 0.3 is 5.97 Å². The highest BCUT2D eigenvalue weighted by atomic mass is 16.6. The number of primary amides is 1. The number of hydrogen-bond acceptors (Lipinski definition) is 5. The van der Waals surface area contributed by atoms with Crippen LogP contribution in [0.15, 0.2) is 46.9 Å². The van der Waals surface area contributed by atoms with Crippen LogP contribution in [-0.4, -0.2) is 18.0 Å². The van der Waals surface area contributed by atoms with Gasteiger partial charge in [-0.15, -0.1) is 0 Å². The van der Waals surface area contributed by atoms with E-state index >= 15 is 0 Å². The maximum absolute atomic E-state index is 11.7. The fourth-order valence-electron chi connectivity index (χ4n) is 1.51. The Balaban J connectivity index is 1.92. The van der Waals surface area contributed by atoms with Crippen molar-refractivity contribution in [3.63, 3.8) is 0 Å². The van der Waals surface area contributed by atoms with Crippen LogP contribution in [0.25, 0.3) is 0 Å². The number of ether oxygens (including phenoxy) is 2. The lowest BCUT2D eigenvalue weighted by atomic mass is 10.3. The van der Waals surface area contributed by atoms with Crippen molar-refractivity contribution in [2.24, 2.45) is 5.73 Å². The standard InChI is InChI=1S/C15H15NO5/c1-10(14(16)17)20-15(18)13-8-7-12(21-13)9-19-11-5-3-2-4-6-11/h2-8,10H,9H2,1H3,(H2,16,17)/t10-/m0/s1. The lowest BCUT2D eigenvalue weighted by Gasteiger charge is -2.07. The molecule has 21 heavy (non-hydrogen) atoms. The molecular weight excluding hydrogens is 274 g/mol. The van der Waals surface area contributed by atoms with E-state index in [1.165, 1.54) is 13.0 Å². The second kappa shape index (κ2) is 6.60. The van der Waals surface area contributed by atoms with Gasteiger partial charge < -0.3 is 19.6 Å². The van der Waals surface area contributed by atoms with E-state index in [1.807, 2.05) is 30.3 Å². The van der Waals surface area contributed by atoms with E-state index in [4.69, 9.17) is 19.6 Å². The number of esters is 1. The maximum Gasteiger partial charge on any atom is 0.375 e. The minimum absolute atomic E-state index is 0.00485. The molecule has 0 radical (unpaired) electrons. The molecule has 1 aromatic carbocycles. The fourth-order valence-corrected chi connectivity index (χ4v) is 1.51. The van der Waals surface area contributed by atoms with E-state index in [9.17, 15) is 9.59 Å². The molecule has 0 fully saturated rings. The third kappa shape index (κ3) is 4.10. The SMILES string of the molecule is C[C@H](OC(=O)c1ccc(COc2ccccc2)o1)C(N)=O. The van der Waals surface area contributed by atoms with Gasteiger partial charge in [0.25, 0.3) is 5.91 Å². The predicted molar refractivity (Wildman–Crippen MR) is 73.6 cm³/mol. The van der Waals surface area contributed by atoms with Crippen LogP contribution in [0, 0.1) is 0 Å². The van der Waals surface area contributed by atoms with Gasteiger partial charge in [-0.2, -0.15) is 0 Å². The van der Waals surface area contributed by atoms with Gasteiger partial charge in [0.05, 0.1) is 0 Å². The average Bonchev–Trinajstić information content (AvgIpc) is 2.95. The molecule has 0 unspecified atom stereocenters. The van der Waals surface area contributed by atoms with E-state index in [1.54, 1.807) is 6.07 Å². The van der Waals surface area contributed by atoms with E-state index in [-0.39, 0.29) is 12.4 Å². The Morgan fingerprint density at radius 2 is 1.90 bits per heavy atom. The molecule has 2 N–H and O–H groups in total. The van der Waals surface area contributed by atoms with Crippen LogP contribution < -0.4 is 10.5 Å². The summed E-state index contributed by atoms with van der Waals surface area (Å²) in [5, 5.41) is 0. The Bertz CT molecular complexity index is 620. The number of nitrogens with two attached hydrogens (primary N) is 1. The molecule has 1 atom stereocenters. The van der Waals surface area contributed by atoms with Crippen molar-refractivity contribution < 1.29 is 23.5 Å². The quantitative estimate of drug-likeness (QED) is 0.820. The zero-order chi connectivity index (χ0) is 15.2. The van der Waals surface area contributed by atoms with Crippen LogP contribution in [0.3, 0.4) is 0 Å². The molecule has 110 valence electrons. The van der Waals surface area contributed by atoms with E-state index in [0.717, 1.165) is 0 Å². The predicted octanol–water partition coefficient (Wildman–Crippen LogP) is 1.89. The minimum Gasteiger partial charge on any atom is -0.486 e. The fraction of sp³-hybridized carbons (Fsp3) is 0.200. The van der Waals surface area contributed by atoms with Crippen molar-refractivity contribution in [1.82, 2.24) is 0 Å². The van der Waals surface area contributed by atoms with Gasteiger partial charge in [-0.25, -0.2) is 4.79 Å². The maximum atomic E-state index is 11.7. The van der Waals surface area contributed by atoms with Gasteiger partial charge in [0.1, 0.15) is 18.1 Å². The summed E-state index contributed by atoms with van der Waals surface area (Å²) in [6, 6.07) is 12.3. The molecule has 0 bridgehead atoms. The van der Waals surface area contributed by atoms with Gasteiger partial charge in [-0.1, -0.05) is 18.2 Å². The molecule has 1 amide bonds. The average molecular weight is 289 g/mol. The van der Waals surface area contributed by atoms with Crippen molar-refractivity contribution in [2.45, 2.75) is 19.6 Å². The van der Waals surface area contributed by atoms with Crippen molar-refractivity contribution >= 4 is 11.9 Å². The van der Waals surface area contributed by atoms with Gasteiger partial charge in [0, 0.05) is 0 Å². The van der Waals surface area contributed by atoms with Crippen LogP contribution in [0.5, 0.6) is 5.75 Å². The van der Waals surface area contributed by atoms with Gasteiger partial charge in [0.2, 0.25) is 5.76 Å². The Labute approximate surface area is 121 Å². The highest BCUT2D eigenvalue weighted by Gasteiger charge is 2.19. The molecule has 0 saturated heterocycles. The van der Waals surface area contributed by atoms with Crippen LogP contribution in [0.2, 0.25) is 0 Å². The van der Waals surface area contributed by atoms with Crippen molar-refractivity contribution in [2.75, 3.05) is 0 Å². The molecule has 0 aliphatic carbocycles. The second-order valence-electron chi connectivity index (χ2n) is 4.32. The number of furan rings is 1. The number of amides is 1. The third-order valence-electron chi connectivity index (χ3n) is 2.67. The van der Waals surface area contributed by atoms with Crippen LogP contribution in [0.1, 0.15) is 23.2 Å². The van der Waals surface area contributed by atoms with Crippen LogP contribution in [-0.2, 0) is 16.1 Å². The molecule has 6 heteroatoms. The molecule has 2 rings (SSSR count). The molecular formula is C15H15NO5. The lowest BCUT2D eigenvalue weighted by Crippen LogP contribution is -2.30. The van der Waals surface area contributed by atoms with Gasteiger partial charge in [-0.05, 0) is 31.2 Å². The first-order valence-electron chi connectivity index (χ1n) is 6.33. The summed E-state index contributed by atoms with van der Waals surface area (Å²) in [6.45, 7) is 1.57. The van der Waals surface area contributed by atoms with Crippen molar-refractivity contribution in [3.8, 4) is 5.75 Å². The summed E-state index contributed by atoms with van der Waals surface area (Å²) >= 11 is 0. The van der Waals surface area contributed by atoms with Gasteiger partial charge in [0.15, 0.2) is 6.10 Å². The smallest absolute Gasteiger partial charge is 0.375 e. The Morgan fingerprint density at radius 3 is 2.57 bits per heavy atom. The highest BCUT2D eigenvalue weighted by molar-refractivity contribution is 5.89. The number of rotatable bonds is 6. The molecule has 0 aliphatic heterocycles. The second-order valence-corrected chi connectivity index (χ2v) is 4.32. The van der Waals surface area contributed by atoms with E-state index in [0.29, 0.717) is 11.5 Å². The number of para-hydroxylation sites is 1. The van der Waals surface area contributed by atoms with Crippen molar-refractivity contribution in [1.29, 1.82) is 0 Å². The Kier molecular flexibility index (Phi) is 4.61. The summed E-state index contributed by atoms with van der Waals surface area (Å²) in [6.07, 6.45) is -1.01. The topological polar surface area (TPSA) is 91.8 Å². The molecule has 0 spiro atoms.